The highest BCUT2D eigenvalue weighted by Crippen LogP contribution is 2.35. The van der Waals surface area contributed by atoms with Crippen molar-refractivity contribution < 1.29 is 8.42 Å². The standard InChI is InChI=1S/C13H12N4O2S2/c1-21(18,19)9-4-2-3-8(7-9)10-5-6-11(20-10)12-13(14)16-17-15-12/h2-7H,1H3,(H3,14,15,16,17). The minimum absolute atomic E-state index is 0.302. The number of hydrogen-bond acceptors (Lipinski definition) is 6. The Balaban J connectivity index is 2.03. The van der Waals surface area contributed by atoms with Crippen LogP contribution in [0, 0.1) is 0 Å². The van der Waals surface area contributed by atoms with E-state index in [0.717, 1.165) is 15.3 Å². The molecule has 3 aromatic rings. The molecule has 2 heterocycles. The summed E-state index contributed by atoms with van der Waals surface area (Å²) >= 11 is 1.48. The number of nitrogens with one attached hydrogen (secondary N) is 1. The van der Waals surface area contributed by atoms with Gasteiger partial charge in [-0.3, -0.25) is 0 Å². The maximum absolute atomic E-state index is 11.6. The van der Waals surface area contributed by atoms with Crippen LogP contribution in [0.25, 0.3) is 21.0 Å². The van der Waals surface area contributed by atoms with Crippen LogP contribution in [0.1, 0.15) is 0 Å². The number of aromatic amines is 1. The van der Waals surface area contributed by atoms with Crippen molar-refractivity contribution in [2.45, 2.75) is 4.90 Å². The van der Waals surface area contributed by atoms with Crippen LogP contribution in [0.5, 0.6) is 0 Å². The van der Waals surface area contributed by atoms with Crippen molar-refractivity contribution >= 4 is 27.0 Å². The summed E-state index contributed by atoms with van der Waals surface area (Å²) in [5, 5.41) is 10.3. The molecule has 0 aliphatic rings. The van der Waals surface area contributed by atoms with Gasteiger partial charge in [0.25, 0.3) is 0 Å². The fraction of sp³-hybridized carbons (Fsp3) is 0.0769. The number of hydrogen-bond donors (Lipinski definition) is 2. The number of sulfone groups is 1. The van der Waals surface area contributed by atoms with Gasteiger partial charge in [0, 0.05) is 11.1 Å². The molecule has 2 aromatic heterocycles. The molecule has 0 saturated heterocycles. The highest BCUT2D eigenvalue weighted by Gasteiger charge is 2.13. The average molecular weight is 320 g/mol. The van der Waals surface area contributed by atoms with Crippen LogP contribution in [0.3, 0.4) is 0 Å². The van der Waals surface area contributed by atoms with Crippen molar-refractivity contribution in [2.75, 3.05) is 12.0 Å². The highest BCUT2D eigenvalue weighted by atomic mass is 32.2. The van der Waals surface area contributed by atoms with Crippen molar-refractivity contribution in [3.63, 3.8) is 0 Å². The van der Waals surface area contributed by atoms with Crippen LogP contribution in [-0.4, -0.2) is 30.1 Å². The lowest BCUT2D eigenvalue weighted by Crippen LogP contribution is -1.96. The van der Waals surface area contributed by atoms with Gasteiger partial charge in [0.2, 0.25) is 0 Å². The van der Waals surface area contributed by atoms with Gasteiger partial charge in [-0.1, -0.05) is 12.1 Å². The molecule has 0 bridgehead atoms. The van der Waals surface area contributed by atoms with Crippen LogP contribution < -0.4 is 5.73 Å². The fourth-order valence-corrected chi connectivity index (χ4v) is 3.59. The number of nitrogens with two attached hydrogens (primary N) is 1. The topological polar surface area (TPSA) is 102 Å². The van der Waals surface area contributed by atoms with E-state index in [1.165, 1.54) is 17.6 Å². The molecule has 0 aliphatic heterocycles. The smallest absolute Gasteiger partial charge is 0.175 e. The van der Waals surface area contributed by atoms with Gasteiger partial charge < -0.3 is 5.73 Å². The van der Waals surface area contributed by atoms with Crippen molar-refractivity contribution in [1.29, 1.82) is 0 Å². The molecule has 1 aromatic carbocycles. The molecule has 0 aliphatic carbocycles. The summed E-state index contributed by atoms with van der Waals surface area (Å²) < 4.78 is 23.2. The van der Waals surface area contributed by atoms with Crippen molar-refractivity contribution in [3.05, 3.63) is 36.4 Å². The van der Waals surface area contributed by atoms with Crippen LogP contribution in [0.2, 0.25) is 0 Å². The normalized spacial score (nSPS) is 11.7. The summed E-state index contributed by atoms with van der Waals surface area (Å²) in [5.74, 6) is 0.341. The van der Waals surface area contributed by atoms with E-state index < -0.39 is 9.84 Å². The Bertz CT molecular complexity index is 896. The highest BCUT2D eigenvalue weighted by molar-refractivity contribution is 7.90. The van der Waals surface area contributed by atoms with Gasteiger partial charge in [-0.05, 0) is 29.8 Å². The van der Waals surface area contributed by atoms with E-state index in [1.807, 2.05) is 18.2 Å². The molecule has 21 heavy (non-hydrogen) atoms. The second-order valence-corrected chi connectivity index (χ2v) is 7.62. The number of aromatic nitrogens is 3. The maximum atomic E-state index is 11.6. The zero-order chi connectivity index (χ0) is 15.0. The Morgan fingerprint density at radius 2 is 1.90 bits per heavy atom. The van der Waals surface area contributed by atoms with Crippen LogP contribution in [0.4, 0.5) is 5.82 Å². The first kappa shape index (κ1) is 13.8. The Labute approximate surface area is 125 Å². The number of benzene rings is 1. The molecular formula is C13H12N4O2S2. The lowest BCUT2D eigenvalue weighted by molar-refractivity contribution is 0.602. The van der Waals surface area contributed by atoms with E-state index in [2.05, 4.69) is 15.4 Å². The molecule has 0 spiro atoms. The van der Waals surface area contributed by atoms with Gasteiger partial charge in [0.15, 0.2) is 15.7 Å². The molecule has 6 nitrogen and oxygen atoms in total. The van der Waals surface area contributed by atoms with Gasteiger partial charge in [-0.15, -0.1) is 16.4 Å². The first-order chi connectivity index (χ1) is 9.95. The van der Waals surface area contributed by atoms with E-state index in [0.29, 0.717) is 16.4 Å². The van der Waals surface area contributed by atoms with E-state index in [4.69, 9.17) is 5.73 Å². The molecule has 0 radical (unpaired) electrons. The Morgan fingerprint density at radius 1 is 1.14 bits per heavy atom. The van der Waals surface area contributed by atoms with Gasteiger partial charge in [0.05, 0.1) is 9.77 Å². The number of anilines is 1. The van der Waals surface area contributed by atoms with Crippen LogP contribution >= 0.6 is 11.3 Å². The molecule has 0 saturated carbocycles. The van der Waals surface area contributed by atoms with Crippen molar-refractivity contribution in [1.82, 2.24) is 15.4 Å². The minimum atomic E-state index is -3.22. The summed E-state index contributed by atoms with van der Waals surface area (Å²) in [7, 11) is -3.22. The Morgan fingerprint density at radius 3 is 2.57 bits per heavy atom. The predicted molar refractivity (Wildman–Crippen MR) is 82.7 cm³/mol. The third-order valence-electron chi connectivity index (χ3n) is 2.96. The van der Waals surface area contributed by atoms with E-state index in [1.54, 1.807) is 18.2 Å². The molecule has 8 heteroatoms. The van der Waals surface area contributed by atoms with Gasteiger partial charge in [-0.2, -0.15) is 10.3 Å². The van der Waals surface area contributed by atoms with E-state index >= 15 is 0 Å². The molecule has 108 valence electrons. The zero-order valence-corrected chi connectivity index (χ0v) is 12.7. The summed E-state index contributed by atoms with van der Waals surface area (Å²) in [6.45, 7) is 0. The van der Waals surface area contributed by atoms with Crippen LogP contribution in [-0.2, 0) is 9.84 Å². The monoisotopic (exact) mass is 320 g/mol. The third-order valence-corrected chi connectivity index (χ3v) is 5.21. The molecular weight excluding hydrogens is 308 g/mol. The van der Waals surface area contributed by atoms with Crippen molar-refractivity contribution in [3.8, 4) is 21.0 Å². The van der Waals surface area contributed by atoms with Crippen LogP contribution in [0.15, 0.2) is 41.3 Å². The lowest BCUT2D eigenvalue weighted by Gasteiger charge is -2.01. The van der Waals surface area contributed by atoms with E-state index in [9.17, 15) is 8.42 Å². The van der Waals surface area contributed by atoms with E-state index in [-0.39, 0.29) is 0 Å². The molecule has 3 rings (SSSR count). The SMILES string of the molecule is CS(=O)(=O)c1cccc(-c2ccc(-c3n[nH]nc3N)s2)c1. The predicted octanol–water partition coefficient (Wildman–Crippen LogP) is 2.19. The zero-order valence-electron chi connectivity index (χ0n) is 11.1. The third kappa shape index (κ3) is 2.67. The quantitative estimate of drug-likeness (QED) is 0.770. The average Bonchev–Trinajstić information content (AvgIpc) is 3.06. The Kier molecular flexibility index (Phi) is 3.26. The first-order valence-electron chi connectivity index (χ1n) is 6.02. The fourth-order valence-electron chi connectivity index (χ4n) is 1.92. The number of nitrogens with zero attached hydrogens (tertiary/aromatic N) is 2. The van der Waals surface area contributed by atoms with Crippen molar-refractivity contribution in [2.24, 2.45) is 0 Å². The summed E-state index contributed by atoms with van der Waals surface area (Å²) in [6, 6.07) is 10.7. The number of thiophene rings is 1. The number of rotatable bonds is 3. The number of nitrogen functional groups attached to an aromatic ring is 1. The lowest BCUT2D eigenvalue weighted by atomic mass is 10.2. The van der Waals surface area contributed by atoms with Gasteiger partial charge in [-0.25, -0.2) is 8.42 Å². The second kappa shape index (κ2) is 4.97. The number of H-pyrrole nitrogens is 1. The first-order valence-corrected chi connectivity index (χ1v) is 8.73. The van der Waals surface area contributed by atoms with Gasteiger partial charge in [0.1, 0.15) is 5.69 Å². The molecule has 0 unspecified atom stereocenters. The molecule has 0 fully saturated rings. The summed E-state index contributed by atoms with van der Waals surface area (Å²) in [4.78, 5) is 2.12. The van der Waals surface area contributed by atoms with Gasteiger partial charge >= 0.3 is 0 Å². The minimum Gasteiger partial charge on any atom is -0.380 e. The maximum Gasteiger partial charge on any atom is 0.175 e. The molecule has 0 atom stereocenters. The summed E-state index contributed by atoms with van der Waals surface area (Å²) in [5.41, 5.74) is 7.17. The Hall–Kier alpha value is -2.19. The largest absolute Gasteiger partial charge is 0.380 e. The second-order valence-electron chi connectivity index (χ2n) is 4.52. The summed E-state index contributed by atoms with van der Waals surface area (Å²) in [6.07, 6.45) is 1.20. The molecule has 3 N–H and O–H groups in total. The molecule has 0 amide bonds.